The normalized spacial score (nSPS) is 12.1. The van der Waals surface area contributed by atoms with Gasteiger partial charge in [-0.05, 0) is 36.6 Å². The average molecular weight is 375 g/mol. The van der Waals surface area contributed by atoms with Gasteiger partial charge in [-0.1, -0.05) is 12.1 Å². The zero-order chi connectivity index (χ0) is 18.0. The van der Waals surface area contributed by atoms with E-state index in [1.54, 1.807) is 12.1 Å². The maximum absolute atomic E-state index is 11.7. The van der Waals surface area contributed by atoms with E-state index in [0.717, 1.165) is 11.0 Å². The molecule has 0 atom stereocenters. The molecule has 0 amide bonds. The van der Waals surface area contributed by atoms with Crippen LogP contribution in [0.3, 0.4) is 0 Å². The summed E-state index contributed by atoms with van der Waals surface area (Å²) in [6, 6.07) is 11.3. The number of phenolic OH excluding ortho intramolecular Hbond substituents is 1. The Morgan fingerprint density at radius 2 is 1.80 bits per heavy atom. The van der Waals surface area contributed by atoms with E-state index in [9.17, 15) is 18.1 Å². The van der Waals surface area contributed by atoms with E-state index in [4.69, 9.17) is 0 Å². The van der Waals surface area contributed by atoms with Crippen molar-refractivity contribution in [3.8, 4) is 5.75 Å². The number of aromatic nitrogens is 1. The lowest BCUT2D eigenvalue weighted by molar-refractivity contribution is 0.479. The molecule has 0 saturated heterocycles. The number of nitrogens with zero attached hydrogens (tertiary/aromatic N) is 3. The van der Waals surface area contributed by atoms with E-state index in [-0.39, 0.29) is 27.2 Å². The Labute approximate surface area is 148 Å². The fourth-order valence-corrected chi connectivity index (χ4v) is 3.53. The lowest BCUT2D eigenvalue weighted by Gasteiger charge is -2.07. The lowest BCUT2D eigenvalue weighted by atomic mass is 10.2. The molecule has 0 bridgehead atoms. The second-order valence-electron chi connectivity index (χ2n) is 4.99. The molecule has 7 nitrogen and oxygen atoms in total. The van der Waals surface area contributed by atoms with Gasteiger partial charge in [0.2, 0.25) is 0 Å². The summed E-state index contributed by atoms with van der Waals surface area (Å²) in [6.07, 6.45) is 3.29. The van der Waals surface area contributed by atoms with Crippen LogP contribution in [0.25, 0.3) is 10.9 Å². The van der Waals surface area contributed by atoms with Gasteiger partial charge in [-0.25, -0.2) is 0 Å². The number of azo groups is 1. The molecule has 1 heterocycles. The maximum Gasteiger partial charge on any atom is 0.295 e. The number of phenols is 1. The van der Waals surface area contributed by atoms with Crippen molar-refractivity contribution in [2.75, 3.05) is 6.26 Å². The molecule has 128 valence electrons. The van der Waals surface area contributed by atoms with Crippen molar-refractivity contribution in [3.05, 3.63) is 48.7 Å². The van der Waals surface area contributed by atoms with Crippen molar-refractivity contribution in [2.45, 2.75) is 9.79 Å². The van der Waals surface area contributed by atoms with Crippen LogP contribution in [0.5, 0.6) is 5.75 Å². The first kappa shape index (κ1) is 17.3. The van der Waals surface area contributed by atoms with Gasteiger partial charge in [-0.3, -0.25) is 9.54 Å². The van der Waals surface area contributed by atoms with Crippen LogP contribution in [0.4, 0.5) is 11.4 Å². The molecule has 3 aromatic rings. The topological polar surface area (TPSA) is 112 Å². The number of pyridine rings is 1. The van der Waals surface area contributed by atoms with Crippen LogP contribution >= 0.6 is 11.8 Å². The Hall–Kier alpha value is -2.49. The van der Waals surface area contributed by atoms with E-state index in [1.807, 2.05) is 18.4 Å². The molecule has 25 heavy (non-hydrogen) atoms. The van der Waals surface area contributed by atoms with Gasteiger partial charge in [-0.15, -0.1) is 22.0 Å². The number of benzene rings is 2. The molecule has 2 aromatic carbocycles. The van der Waals surface area contributed by atoms with Crippen LogP contribution in [-0.2, 0) is 10.1 Å². The Morgan fingerprint density at radius 3 is 2.52 bits per heavy atom. The first-order valence-electron chi connectivity index (χ1n) is 7.05. The fraction of sp³-hybridized carbons (Fsp3) is 0.0625. The lowest BCUT2D eigenvalue weighted by Crippen LogP contribution is -1.99. The summed E-state index contributed by atoms with van der Waals surface area (Å²) in [5.74, 6) is -0.312. The van der Waals surface area contributed by atoms with Gasteiger partial charge in [0, 0.05) is 16.5 Å². The van der Waals surface area contributed by atoms with E-state index < -0.39 is 10.1 Å². The fourth-order valence-electron chi connectivity index (χ4n) is 2.29. The molecule has 0 unspecified atom stereocenters. The largest absolute Gasteiger partial charge is 0.504 e. The molecular formula is C16H13N3O4S2. The highest BCUT2D eigenvalue weighted by molar-refractivity contribution is 7.98. The number of hydrogen-bond donors (Lipinski definition) is 2. The molecule has 0 aliphatic carbocycles. The Morgan fingerprint density at radius 1 is 1.08 bits per heavy atom. The van der Waals surface area contributed by atoms with Crippen LogP contribution in [0.2, 0.25) is 0 Å². The maximum atomic E-state index is 11.7. The second-order valence-corrected chi connectivity index (χ2v) is 7.23. The Balaban J connectivity index is 2.20. The SMILES string of the molecule is CSc1ccccc1N=Nc1cc(S(=O)(=O)O)c2cccnc2c1O. The standard InChI is InChI=1S/C16H13N3O4S2/c1-24-13-7-3-2-6-11(13)18-19-12-9-14(25(21,22)23)10-5-4-8-17-15(10)16(12)20/h2-9,20H,1H3,(H,21,22,23). The summed E-state index contributed by atoms with van der Waals surface area (Å²) in [6.45, 7) is 0. The first-order valence-corrected chi connectivity index (χ1v) is 9.71. The van der Waals surface area contributed by atoms with Crippen LogP contribution in [0.15, 0.2) is 68.7 Å². The summed E-state index contributed by atoms with van der Waals surface area (Å²) in [4.78, 5) is 4.46. The minimum absolute atomic E-state index is 0.0183. The van der Waals surface area contributed by atoms with Gasteiger partial charge >= 0.3 is 0 Å². The number of rotatable bonds is 4. The summed E-state index contributed by atoms with van der Waals surface area (Å²) < 4.78 is 32.8. The molecule has 0 saturated carbocycles. The van der Waals surface area contributed by atoms with Crippen LogP contribution < -0.4 is 0 Å². The molecular weight excluding hydrogens is 362 g/mol. The molecule has 2 N–H and O–H groups in total. The molecule has 3 rings (SSSR count). The molecule has 1 aromatic heterocycles. The average Bonchev–Trinajstić information content (AvgIpc) is 2.60. The summed E-state index contributed by atoms with van der Waals surface area (Å²) >= 11 is 1.48. The van der Waals surface area contributed by atoms with Crippen LogP contribution in [0, 0.1) is 0 Å². The van der Waals surface area contributed by atoms with Crippen LogP contribution in [0.1, 0.15) is 0 Å². The minimum Gasteiger partial charge on any atom is -0.504 e. The number of aromatic hydroxyl groups is 1. The third kappa shape index (κ3) is 3.48. The van der Waals surface area contributed by atoms with Crippen molar-refractivity contribution in [1.29, 1.82) is 0 Å². The van der Waals surface area contributed by atoms with Crippen molar-refractivity contribution >= 4 is 44.2 Å². The Bertz CT molecular complexity index is 1080. The van der Waals surface area contributed by atoms with Gasteiger partial charge < -0.3 is 5.11 Å². The zero-order valence-corrected chi connectivity index (χ0v) is 14.6. The van der Waals surface area contributed by atoms with E-state index in [1.165, 1.54) is 30.1 Å². The van der Waals surface area contributed by atoms with E-state index >= 15 is 0 Å². The Kier molecular flexibility index (Phi) is 4.71. The molecule has 0 radical (unpaired) electrons. The highest BCUT2D eigenvalue weighted by Crippen LogP contribution is 2.39. The smallest absolute Gasteiger partial charge is 0.295 e. The zero-order valence-electron chi connectivity index (χ0n) is 13.0. The summed E-state index contributed by atoms with van der Waals surface area (Å²) in [7, 11) is -4.52. The van der Waals surface area contributed by atoms with Gasteiger partial charge in [-0.2, -0.15) is 8.42 Å². The third-order valence-electron chi connectivity index (χ3n) is 3.44. The van der Waals surface area contributed by atoms with E-state index in [2.05, 4.69) is 15.2 Å². The first-order chi connectivity index (χ1) is 11.9. The van der Waals surface area contributed by atoms with E-state index in [0.29, 0.717) is 5.69 Å². The molecule has 0 aliphatic heterocycles. The number of thioether (sulfide) groups is 1. The predicted octanol–water partition coefficient (Wildman–Crippen LogP) is 4.32. The minimum atomic E-state index is -4.52. The molecule has 0 aliphatic rings. The highest BCUT2D eigenvalue weighted by atomic mass is 32.2. The van der Waals surface area contributed by atoms with Crippen molar-refractivity contribution in [1.82, 2.24) is 4.98 Å². The number of hydrogen-bond acceptors (Lipinski definition) is 7. The summed E-state index contributed by atoms with van der Waals surface area (Å²) in [5.41, 5.74) is 0.489. The number of fused-ring (bicyclic) bond motifs is 1. The molecule has 0 fully saturated rings. The monoisotopic (exact) mass is 375 g/mol. The quantitative estimate of drug-likeness (QED) is 0.399. The third-order valence-corrected chi connectivity index (χ3v) is 5.12. The molecule has 0 spiro atoms. The molecule has 9 heteroatoms. The predicted molar refractivity (Wildman–Crippen MR) is 95.6 cm³/mol. The van der Waals surface area contributed by atoms with Gasteiger partial charge in [0.15, 0.2) is 5.75 Å². The van der Waals surface area contributed by atoms with Crippen molar-refractivity contribution in [3.63, 3.8) is 0 Å². The van der Waals surface area contributed by atoms with Gasteiger partial charge in [0.1, 0.15) is 16.1 Å². The highest BCUT2D eigenvalue weighted by Gasteiger charge is 2.20. The van der Waals surface area contributed by atoms with Crippen LogP contribution in [-0.4, -0.2) is 29.3 Å². The van der Waals surface area contributed by atoms with Gasteiger partial charge in [0.05, 0.1) is 5.69 Å². The van der Waals surface area contributed by atoms with Crippen molar-refractivity contribution in [2.24, 2.45) is 10.2 Å². The van der Waals surface area contributed by atoms with Crippen molar-refractivity contribution < 1.29 is 18.1 Å². The second kappa shape index (κ2) is 6.79. The summed E-state index contributed by atoms with van der Waals surface area (Å²) in [5, 5.41) is 18.5. The van der Waals surface area contributed by atoms with Gasteiger partial charge in [0.25, 0.3) is 10.1 Å².